The Kier molecular flexibility index (Phi) is 4.57. The molecule has 0 aliphatic carbocycles. The maximum absolute atomic E-state index is 12.1. The van der Waals surface area contributed by atoms with Gasteiger partial charge in [-0.25, -0.2) is 0 Å². The number of amides is 1. The van der Waals surface area contributed by atoms with Gasteiger partial charge in [0.05, 0.1) is 0 Å². The molecule has 0 unspecified atom stereocenters. The molecule has 1 amide bonds. The van der Waals surface area contributed by atoms with E-state index in [1.54, 1.807) is 25.1 Å². The lowest BCUT2D eigenvalue weighted by atomic mass is 10.00. The molecule has 0 saturated carbocycles. The van der Waals surface area contributed by atoms with Gasteiger partial charge in [-0.05, 0) is 39.3 Å². The Hall–Kier alpha value is -1.03. The summed E-state index contributed by atoms with van der Waals surface area (Å²) in [4.78, 5) is 12.1. The smallest absolute Gasteiger partial charge is 0.252 e. The molecule has 0 aromatic heterocycles. The molecule has 0 bridgehead atoms. The number of halogens is 1. The van der Waals surface area contributed by atoms with Gasteiger partial charge in [0, 0.05) is 22.0 Å². The highest BCUT2D eigenvalue weighted by atomic mass is 79.9. The van der Waals surface area contributed by atoms with Crippen molar-refractivity contribution < 1.29 is 9.90 Å². The predicted octanol–water partition coefficient (Wildman–Crippen LogP) is 2.99. The van der Waals surface area contributed by atoms with Crippen molar-refractivity contribution in [2.24, 2.45) is 0 Å². The maximum atomic E-state index is 12.1. The summed E-state index contributed by atoms with van der Waals surface area (Å²) in [6.07, 6.45) is 0.844. The monoisotopic (exact) mass is 299 g/mol. The molecule has 94 valence electrons. The highest BCUT2D eigenvalue weighted by molar-refractivity contribution is 9.09. The van der Waals surface area contributed by atoms with Crippen LogP contribution in [0.4, 0.5) is 0 Å². The van der Waals surface area contributed by atoms with E-state index in [0.717, 1.165) is 11.8 Å². The zero-order valence-corrected chi connectivity index (χ0v) is 12.0. The third-order valence-corrected chi connectivity index (χ3v) is 3.12. The minimum Gasteiger partial charge on any atom is -0.508 e. The number of hydrogen-bond donors (Lipinski definition) is 2. The van der Waals surface area contributed by atoms with Crippen molar-refractivity contribution in [1.82, 2.24) is 5.32 Å². The van der Waals surface area contributed by atoms with E-state index >= 15 is 0 Å². The first-order chi connectivity index (χ1) is 7.87. The van der Waals surface area contributed by atoms with E-state index in [1.807, 2.05) is 13.8 Å². The second kappa shape index (κ2) is 5.54. The summed E-state index contributed by atoms with van der Waals surface area (Å²) < 4.78 is 0. The number of hydrogen-bond acceptors (Lipinski definition) is 2. The highest BCUT2D eigenvalue weighted by Crippen LogP contribution is 2.20. The minimum atomic E-state index is -0.265. The van der Waals surface area contributed by atoms with Gasteiger partial charge in [-0.15, -0.1) is 0 Å². The van der Waals surface area contributed by atoms with Crippen molar-refractivity contribution in [3.8, 4) is 5.75 Å². The van der Waals surface area contributed by atoms with Gasteiger partial charge in [-0.2, -0.15) is 0 Å². The van der Waals surface area contributed by atoms with Gasteiger partial charge < -0.3 is 10.4 Å². The van der Waals surface area contributed by atoms with Gasteiger partial charge in [-0.1, -0.05) is 22.0 Å². The van der Waals surface area contributed by atoms with E-state index in [-0.39, 0.29) is 17.2 Å². The first kappa shape index (κ1) is 14.0. The van der Waals surface area contributed by atoms with Crippen LogP contribution in [0.5, 0.6) is 5.75 Å². The maximum Gasteiger partial charge on any atom is 0.252 e. The summed E-state index contributed by atoms with van der Waals surface area (Å²) in [6.45, 7) is 5.69. The van der Waals surface area contributed by atoms with E-state index in [0.29, 0.717) is 11.1 Å². The van der Waals surface area contributed by atoms with E-state index in [1.165, 1.54) is 0 Å². The van der Waals surface area contributed by atoms with Gasteiger partial charge in [-0.3, -0.25) is 4.79 Å². The van der Waals surface area contributed by atoms with E-state index < -0.39 is 0 Å². The molecule has 1 aromatic carbocycles. The number of alkyl halides is 1. The number of carbonyl (C=O) groups excluding carboxylic acids is 1. The first-order valence-electron chi connectivity index (χ1n) is 5.54. The van der Waals surface area contributed by atoms with Gasteiger partial charge in [0.1, 0.15) is 5.75 Å². The molecule has 0 aliphatic heterocycles. The Morgan fingerprint density at radius 1 is 1.47 bits per heavy atom. The predicted molar refractivity (Wildman–Crippen MR) is 72.8 cm³/mol. The second-order valence-electron chi connectivity index (χ2n) is 4.73. The van der Waals surface area contributed by atoms with Crippen LogP contribution in [0.25, 0.3) is 0 Å². The molecule has 0 atom stereocenters. The summed E-state index contributed by atoms with van der Waals surface area (Å²) in [5.74, 6) is 0.000276. The van der Waals surface area contributed by atoms with Crippen molar-refractivity contribution in [1.29, 1.82) is 0 Å². The Balaban J connectivity index is 2.87. The summed E-state index contributed by atoms with van der Waals surface area (Å²) in [6, 6.07) is 4.97. The third kappa shape index (κ3) is 3.73. The van der Waals surface area contributed by atoms with E-state index in [2.05, 4.69) is 21.2 Å². The van der Waals surface area contributed by atoms with Crippen LogP contribution < -0.4 is 5.32 Å². The lowest BCUT2D eigenvalue weighted by Crippen LogP contribution is -2.43. The van der Waals surface area contributed by atoms with Gasteiger partial charge in [0.2, 0.25) is 0 Å². The number of aromatic hydroxyl groups is 1. The van der Waals surface area contributed by atoms with Crippen LogP contribution in [0.2, 0.25) is 0 Å². The van der Waals surface area contributed by atoms with Crippen LogP contribution in [-0.2, 0) is 0 Å². The second-order valence-corrected chi connectivity index (χ2v) is 5.52. The van der Waals surface area contributed by atoms with E-state index in [4.69, 9.17) is 0 Å². The molecule has 0 aliphatic rings. The number of phenolic OH excluding ortho intramolecular Hbond substituents is 1. The fraction of sp³-hybridized carbons (Fsp3) is 0.462. The summed E-state index contributed by atoms with van der Waals surface area (Å²) in [5, 5.41) is 13.4. The molecule has 0 fully saturated rings. The number of rotatable bonds is 4. The molecule has 17 heavy (non-hydrogen) atoms. The van der Waals surface area contributed by atoms with Crippen LogP contribution in [0.1, 0.15) is 36.2 Å². The van der Waals surface area contributed by atoms with E-state index in [9.17, 15) is 9.90 Å². The summed E-state index contributed by atoms with van der Waals surface area (Å²) in [7, 11) is 0. The molecular weight excluding hydrogens is 282 g/mol. The molecular formula is C13H18BrNO2. The SMILES string of the molecule is Cc1c(O)cccc1C(=O)NC(C)(C)CCBr. The first-order valence-corrected chi connectivity index (χ1v) is 6.66. The number of carbonyl (C=O) groups is 1. The fourth-order valence-electron chi connectivity index (χ4n) is 1.54. The summed E-state index contributed by atoms with van der Waals surface area (Å²) >= 11 is 3.37. The van der Waals surface area contributed by atoms with Crippen LogP contribution in [0, 0.1) is 6.92 Å². The van der Waals surface area contributed by atoms with Crippen molar-refractivity contribution in [2.45, 2.75) is 32.7 Å². The molecule has 0 heterocycles. The Morgan fingerprint density at radius 2 is 2.12 bits per heavy atom. The zero-order valence-electron chi connectivity index (χ0n) is 10.4. The molecule has 0 radical (unpaired) electrons. The standard InChI is InChI=1S/C13H18BrNO2/c1-9-10(5-4-6-11(9)16)12(17)15-13(2,3)7-8-14/h4-6,16H,7-8H2,1-3H3,(H,15,17). The van der Waals surface area contributed by atoms with Crippen molar-refractivity contribution in [3.05, 3.63) is 29.3 Å². The average molecular weight is 300 g/mol. The molecule has 2 N–H and O–H groups in total. The Morgan fingerprint density at radius 3 is 2.71 bits per heavy atom. The quantitative estimate of drug-likeness (QED) is 0.840. The lowest BCUT2D eigenvalue weighted by Gasteiger charge is -2.25. The minimum absolute atomic E-state index is 0.149. The molecule has 3 nitrogen and oxygen atoms in total. The number of nitrogens with one attached hydrogen (secondary N) is 1. The number of phenols is 1. The van der Waals surface area contributed by atoms with Crippen LogP contribution >= 0.6 is 15.9 Å². The normalized spacial score (nSPS) is 11.3. The van der Waals surface area contributed by atoms with Gasteiger partial charge >= 0.3 is 0 Å². The molecule has 0 saturated heterocycles. The third-order valence-electron chi connectivity index (χ3n) is 2.72. The molecule has 1 aromatic rings. The Labute approximate surface area is 110 Å². The summed E-state index contributed by atoms with van der Waals surface area (Å²) in [5.41, 5.74) is 0.866. The van der Waals surface area contributed by atoms with Crippen LogP contribution in [-0.4, -0.2) is 21.9 Å². The Bertz CT molecular complexity index is 416. The zero-order chi connectivity index (χ0) is 13.1. The highest BCUT2D eigenvalue weighted by Gasteiger charge is 2.21. The van der Waals surface area contributed by atoms with Gasteiger partial charge in [0.25, 0.3) is 5.91 Å². The molecule has 0 spiro atoms. The van der Waals surface area contributed by atoms with Crippen molar-refractivity contribution in [2.75, 3.05) is 5.33 Å². The lowest BCUT2D eigenvalue weighted by molar-refractivity contribution is 0.0911. The van der Waals surface area contributed by atoms with Crippen molar-refractivity contribution in [3.63, 3.8) is 0 Å². The molecule has 4 heteroatoms. The largest absolute Gasteiger partial charge is 0.508 e. The molecule has 1 rings (SSSR count). The topological polar surface area (TPSA) is 49.3 Å². The van der Waals surface area contributed by atoms with Crippen molar-refractivity contribution >= 4 is 21.8 Å². The number of benzene rings is 1. The fourth-order valence-corrected chi connectivity index (χ4v) is 2.53. The van der Waals surface area contributed by atoms with Crippen LogP contribution in [0.3, 0.4) is 0 Å². The van der Waals surface area contributed by atoms with Gasteiger partial charge in [0.15, 0.2) is 0 Å². The van der Waals surface area contributed by atoms with Crippen LogP contribution in [0.15, 0.2) is 18.2 Å². The average Bonchev–Trinajstić information content (AvgIpc) is 2.21.